The van der Waals surface area contributed by atoms with Crippen LogP contribution in [0.3, 0.4) is 0 Å². The molecule has 1 fully saturated rings. The van der Waals surface area contributed by atoms with Crippen LogP contribution in [0.4, 0.5) is 10.1 Å². The zero-order chi connectivity index (χ0) is 13.1. The number of hydrogen-bond acceptors (Lipinski definition) is 2. The van der Waals surface area contributed by atoms with Crippen LogP contribution >= 0.6 is 24.0 Å². The Labute approximate surface area is 123 Å². The van der Waals surface area contributed by atoms with E-state index in [1.54, 1.807) is 6.07 Å². The summed E-state index contributed by atoms with van der Waals surface area (Å²) in [4.78, 5) is 12.1. The summed E-state index contributed by atoms with van der Waals surface area (Å²) in [6.07, 6.45) is 2.86. The number of halogens is 3. The fraction of sp³-hybridized carbons (Fsp3) is 0.462. The molecule has 3 nitrogen and oxygen atoms in total. The average molecular weight is 307 g/mol. The molecular formula is C13H17Cl2FN2O. The molecule has 1 aliphatic rings. The van der Waals surface area contributed by atoms with Gasteiger partial charge in [0.15, 0.2) is 0 Å². The minimum Gasteiger partial charge on any atom is -0.330 e. The van der Waals surface area contributed by atoms with Crippen molar-refractivity contribution < 1.29 is 9.18 Å². The molecule has 2 atom stereocenters. The highest BCUT2D eigenvalue weighted by atomic mass is 35.5. The number of nitrogens with two attached hydrogens (primary N) is 1. The Hall–Kier alpha value is -0.840. The zero-order valence-electron chi connectivity index (χ0n) is 10.4. The molecule has 1 aromatic rings. The summed E-state index contributed by atoms with van der Waals surface area (Å²) in [7, 11) is 0. The number of amides is 1. The minimum atomic E-state index is -0.531. The van der Waals surface area contributed by atoms with Crippen LogP contribution in [-0.4, -0.2) is 12.5 Å². The van der Waals surface area contributed by atoms with Gasteiger partial charge in [0.2, 0.25) is 5.91 Å². The van der Waals surface area contributed by atoms with E-state index in [9.17, 15) is 9.18 Å². The maximum atomic E-state index is 13.2. The Morgan fingerprint density at radius 2 is 2.21 bits per heavy atom. The van der Waals surface area contributed by atoms with Gasteiger partial charge in [0.25, 0.3) is 0 Å². The average Bonchev–Trinajstić information content (AvgIpc) is 2.82. The number of nitrogens with one attached hydrogen (secondary N) is 1. The van der Waals surface area contributed by atoms with E-state index in [0.717, 1.165) is 19.3 Å². The Bertz CT molecular complexity index is 456. The van der Waals surface area contributed by atoms with Crippen molar-refractivity contribution in [2.45, 2.75) is 19.3 Å². The molecule has 0 saturated heterocycles. The molecule has 1 amide bonds. The van der Waals surface area contributed by atoms with E-state index in [1.165, 1.54) is 12.1 Å². The monoisotopic (exact) mass is 306 g/mol. The third kappa shape index (κ3) is 3.81. The lowest BCUT2D eigenvalue weighted by Crippen LogP contribution is -2.29. The highest BCUT2D eigenvalue weighted by Crippen LogP contribution is 2.32. The Balaban J connectivity index is 0.00000180. The summed E-state index contributed by atoms with van der Waals surface area (Å²) in [5, 5.41) is 2.77. The van der Waals surface area contributed by atoms with E-state index in [0.29, 0.717) is 12.2 Å². The number of anilines is 1. The van der Waals surface area contributed by atoms with Gasteiger partial charge >= 0.3 is 0 Å². The molecule has 1 aromatic carbocycles. The third-order valence-corrected chi connectivity index (χ3v) is 3.79. The van der Waals surface area contributed by atoms with Crippen LogP contribution in [0, 0.1) is 17.7 Å². The summed E-state index contributed by atoms with van der Waals surface area (Å²) >= 11 is 5.59. The first kappa shape index (κ1) is 16.2. The Morgan fingerprint density at radius 3 is 2.84 bits per heavy atom. The molecule has 19 heavy (non-hydrogen) atoms. The van der Waals surface area contributed by atoms with Crippen molar-refractivity contribution in [3.8, 4) is 0 Å². The van der Waals surface area contributed by atoms with Crippen molar-refractivity contribution >= 4 is 35.6 Å². The molecule has 0 radical (unpaired) electrons. The highest BCUT2D eigenvalue weighted by Gasteiger charge is 2.31. The smallest absolute Gasteiger partial charge is 0.227 e. The first-order valence-corrected chi connectivity index (χ1v) is 6.45. The van der Waals surface area contributed by atoms with E-state index in [-0.39, 0.29) is 35.2 Å². The van der Waals surface area contributed by atoms with Crippen LogP contribution < -0.4 is 11.1 Å². The van der Waals surface area contributed by atoms with Gasteiger partial charge in [-0.25, -0.2) is 4.39 Å². The summed E-state index contributed by atoms with van der Waals surface area (Å²) < 4.78 is 13.2. The molecule has 0 unspecified atom stereocenters. The predicted molar refractivity (Wildman–Crippen MR) is 77.2 cm³/mol. The van der Waals surface area contributed by atoms with Crippen LogP contribution in [0.5, 0.6) is 0 Å². The number of carbonyl (C=O) groups excluding carboxylic acids is 1. The lowest BCUT2D eigenvalue weighted by atomic mass is 9.95. The van der Waals surface area contributed by atoms with Crippen LogP contribution in [0.25, 0.3) is 0 Å². The zero-order valence-corrected chi connectivity index (χ0v) is 11.9. The lowest BCUT2D eigenvalue weighted by Gasteiger charge is -2.17. The van der Waals surface area contributed by atoms with Crippen molar-refractivity contribution in [1.29, 1.82) is 0 Å². The van der Waals surface area contributed by atoms with Gasteiger partial charge in [-0.15, -0.1) is 12.4 Å². The first-order valence-electron chi connectivity index (χ1n) is 6.08. The fourth-order valence-corrected chi connectivity index (χ4v) is 2.59. The summed E-state index contributed by atoms with van der Waals surface area (Å²) in [6, 6.07) is 4.25. The Morgan fingerprint density at radius 1 is 1.47 bits per heavy atom. The normalized spacial score (nSPS) is 21.8. The molecule has 1 saturated carbocycles. The first-order chi connectivity index (χ1) is 8.61. The fourth-order valence-electron chi connectivity index (χ4n) is 2.47. The van der Waals surface area contributed by atoms with Crippen molar-refractivity contribution in [3.63, 3.8) is 0 Å². The number of hydrogen-bond donors (Lipinski definition) is 2. The van der Waals surface area contributed by atoms with E-state index >= 15 is 0 Å². The molecule has 2 rings (SSSR count). The van der Waals surface area contributed by atoms with Crippen LogP contribution in [0.15, 0.2) is 18.2 Å². The van der Waals surface area contributed by atoms with Gasteiger partial charge in [0, 0.05) is 11.6 Å². The molecule has 106 valence electrons. The van der Waals surface area contributed by atoms with Gasteiger partial charge in [-0.05, 0) is 43.5 Å². The predicted octanol–water partition coefficient (Wildman–Crippen LogP) is 3.21. The lowest BCUT2D eigenvalue weighted by molar-refractivity contribution is -0.120. The molecule has 0 heterocycles. The van der Waals surface area contributed by atoms with Gasteiger partial charge in [-0.1, -0.05) is 18.0 Å². The number of benzene rings is 1. The third-order valence-electron chi connectivity index (χ3n) is 3.49. The topological polar surface area (TPSA) is 55.1 Å². The van der Waals surface area contributed by atoms with Gasteiger partial charge in [-0.2, -0.15) is 0 Å². The van der Waals surface area contributed by atoms with Crippen molar-refractivity contribution in [3.05, 3.63) is 29.0 Å². The summed E-state index contributed by atoms with van der Waals surface area (Å²) in [6.45, 7) is 0.521. The van der Waals surface area contributed by atoms with Crippen LogP contribution in [0.1, 0.15) is 19.3 Å². The quantitative estimate of drug-likeness (QED) is 0.901. The molecule has 6 heteroatoms. The number of carbonyl (C=O) groups is 1. The molecule has 0 aliphatic heterocycles. The van der Waals surface area contributed by atoms with Crippen LogP contribution in [-0.2, 0) is 4.79 Å². The molecule has 1 aliphatic carbocycles. The van der Waals surface area contributed by atoms with E-state index in [4.69, 9.17) is 17.3 Å². The number of rotatable bonds is 3. The largest absolute Gasteiger partial charge is 0.330 e. The second kappa shape index (κ2) is 7.08. The van der Waals surface area contributed by atoms with Crippen molar-refractivity contribution in [1.82, 2.24) is 0 Å². The second-order valence-corrected chi connectivity index (χ2v) is 5.06. The Kier molecular flexibility index (Phi) is 6.04. The second-order valence-electron chi connectivity index (χ2n) is 4.65. The van der Waals surface area contributed by atoms with Crippen molar-refractivity contribution in [2.75, 3.05) is 11.9 Å². The maximum absolute atomic E-state index is 13.2. The van der Waals surface area contributed by atoms with Gasteiger partial charge < -0.3 is 11.1 Å². The van der Waals surface area contributed by atoms with Crippen LogP contribution in [0.2, 0.25) is 5.02 Å². The molecular weight excluding hydrogens is 290 g/mol. The van der Waals surface area contributed by atoms with E-state index in [1.807, 2.05) is 0 Å². The summed E-state index contributed by atoms with van der Waals surface area (Å²) in [5.74, 6) is -0.433. The highest BCUT2D eigenvalue weighted by molar-refractivity contribution is 6.30. The van der Waals surface area contributed by atoms with E-state index in [2.05, 4.69) is 5.32 Å². The molecule has 3 N–H and O–H groups in total. The van der Waals surface area contributed by atoms with Gasteiger partial charge in [0.05, 0.1) is 5.02 Å². The van der Waals surface area contributed by atoms with Gasteiger partial charge in [-0.3, -0.25) is 4.79 Å². The van der Waals surface area contributed by atoms with Gasteiger partial charge in [0.1, 0.15) is 5.82 Å². The summed E-state index contributed by atoms with van der Waals surface area (Å²) in [5.41, 5.74) is 6.08. The maximum Gasteiger partial charge on any atom is 0.227 e. The SMILES string of the molecule is Cl.NC[C@H]1CCC[C@H]1C(=O)Nc1ccc(Cl)c(F)c1. The molecule has 0 spiro atoms. The minimum absolute atomic E-state index is 0. The molecule has 0 bridgehead atoms. The van der Waals surface area contributed by atoms with Crippen molar-refractivity contribution in [2.24, 2.45) is 17.6 Å². The molecule has 0 aromatic heterocycles. The van der Waals surface area contributed by atoms with E-state index < -0.39 is 5.82 Å². The standard InChI is InChI=1S/C13H16ClFN2O.ClH/c14-11-5-4-9(6-12(11)15)17-13(18)10-3-1-2-8(10)7-16;/h4-6,8,10H,1-3,7,16H2,(H,17,18);1H/t8-,10-;/m1./s1.